The molecule has 0 N–H and O–H groups in total. The number of rotatable bonds is 7. The second kappa shape index (κ2) is 9.45. The molecule has 0 aliphatic heterocycles. The van der Waals surface area contributed by atoms with Crippen LogP contribution >= 0.6 is 11.3 Å². The minimum atomic E-state index is -0.343. The van der Waals surface area contributed by atoms with Gasteiger partial charge in [0.2, 0.25) is 5.78 Å². The number of carbonyl (C=O) groups excluding carboxylic acids is 1. The molecule has 0 saturated heterocycles. The lowest BCUT2D eigenvalue weighted by atomic mass is 9.93. The number of carbonyl (C=O) groups is 1. The van der Waals surface area contributed by atoms with E-state index in [0.29, 0.717) is 27.3 Å². The first-order valence-corrected chi connectivity index (χ1v) is 11.3. The summed E-state index contributed by atoms with van der Waals surface area (Å²) in [4.78, 5) is 17.1. The van der Waals surface area contributed by atoms with Crippen molar-refractivity contribution in [2.45, 2.75) is 20.8 Å². The number of fused-ring (bicyclic) bond motifs is 1. The second-order valence-electron chi connectivity index (χ2n) is 7.88. The number of halogens is 1. The minimum absolute atomic E-state index is 0.103. The number of thiophene rings is 1. The van der Waals surface area contributed by atoms with Crippen LogP contribution in [0.2, 0.25) is 0 Å². The molecule has 0 bridgehead atoms. The van der Waals surface area contributed by atoms with E-state index in [1.54, 1.807) is 13.8 Å². The van der Waals surface area contributed by atoms with Crippen LogP contribution in [0.15, 0.2) is 59.7 Å². The Bertz CT molecular complexity index is 1380. The fourth-order valence-electron chi connectivity index (χ4n) is 4.00. The van der Waals surface area contributed by atoms with Crippen LogP contribution in [0.25, 0.3) is 31.7 Å². The highest BCUT2D eigenvalue weighted by Crippen LogP contribution is 2.41. The molecule has 4 rings (SSSR count). The Labute approximate surface area is 195 Å². The summed E-state index contributed by atoms with van der Waals surface area (Å²) in [6.45, 7) is 6.10. The molecule has 0 aliphatic carbocycles. The van der Waals surface area contributed by atoms with Crippen LogP contribution in [0.5, 0.6) is 5.75 Å². The monoisotopic (exact) mass is 459 g/mol. The van der Waals surface area contributed by atoms with Gasteiger partial charge in [0.15, 0.2) is 0 Å². The lowest BCUT2D eigenvalue weighted by Crippen LogP contribution is -2.06. The van der Waals surface area contributed by atoms with Gasteiger partial charge in [-0.2, -0.15) is 0 Å². The molecular formula is C26H22FN3O2S. The third-order valence-corrected chi connectivity index (χ3v) is 6.59. The zero-order valence-electron chi connectivity index (χ0n) is 18.6. The quantitative estimate of drug-likeness (QED) is 0.0940. The summed E-state index contributed by atoms with van der Waals surface area (Å²) < 4.78 is 20.5. The van der Waals surface area contributed by atoms with E-state index in [0.717, 1.165) is 26.8 Å². The van der Waals surface area contributed by atoms with Gasteiger partial charge in [-0.1, -0.05) is 29.4 Å². The first-order valence-electron chi connectivity index (χ1n) is 10.5. The van der Waals surface area contributed by atoms with Gasteiger partial charge in [0.1, 0.15) is 11.6 Å². The zero-order chi connectivity index (χ0) is 23.5. The number of aryl methyl sites for hydroxylation is 3. The SMILES string of the molecule is Cc1ccc2c(-c3ccc(OCCN=[N+]=[N-])cc3)c(C(=O)c3c(C)cc(F)cc3C)sc2c1. The van der Waals surface area contributed by atoms with Crippen molar-refractivity contribution in [2.75, 3.05) is 13.2 Å². The molecule has 7 heteroatoms. The predicted molar refractivity (Wildman–Crippen MR) is 131 cm³/mol. The third-order valence-electron chi connectivity index (χ3n) is 5.44. The predicted octanol–water partition coefficient (Wildman–Crippen LogP) is 7.55. The number of hydrogen-bond acceptors (Lipinski definition) is 4. The fourth-order valence-corrected chi connectivity index (χ4v) is 5.27. The maximum Gasteiger partial charge on any atom is 0.204 e. The highest BCUT2D eigenvalue weighted by Gasteiger charge is 2.24. The van der Waals surface area contributed by atoms with Gasteiger partial charge in [0.25, 0.3) is 0 Å². The maximum absolute atomic E-state index is 13.9. The van der Waals surface area contributed by atoms with Crippen LogP contribution < -0.4 is 4.74 Å². The Hall–Kier alpha value is -3.67. The normalized spacial score (nSPS) is 10.8. The molecule has 0 atom stereocenters. The van der Waals surface area contributed by atoms with Crippen LogP contribution in [0.4, 0.5) is 4.39 Å². The van der Waals surface area contributed by atoms with E-state index in [1.165, 1.54) is 23.5 Å². The third kappa shape index (κ3) is 4.60. The molecule has 0 saturated carbocycles. The largest absolute Gasteiger partial charge is 0.493 e. The zero-order valence-corrected chi connectivity index (χ0v) is 19.4. The van der Waals surface area contributed by atoms with E-state index in [4.69, 9.17) is 10.3 Å². The molecule has 166 valence electrons. The molecule has 1 aromatic heterocycles. The Morgan fingerprint density at radius 2 is 1.76 bits per heavy atom. The van der Waals surface area contributed by atoms with Crippen molar-refractivity contribution in [3.8, 4) is 16.9 Å². The molecule has 33 heavy (non-hydrogen) atoms. The number of ether oxygens (including phenoxy) is 1. The van der Waals surface area contributed by atoms with Gasteiger partial charge in [-0.05, 0) is 78.9 Å². The van der Waals surface area contributed by atoms with Crippen molar-refractivity contribution >= 4 is 27.2 Å². The Kier molecular flexibility index (Phi) is 6.45. The fraction of sp³-hybridized carbons (Fsp3) is 0.192. The first kappa shape index (κ1) is 22.5. The van der Waals surface area contributed by atoms with Crippen LogP contribution in [0.3, 0.4) is 0 Å². The van der Waals surface area contributed by atoms with Gasteiger partial charge in [0, 0.05) is 26.1 Å². The summed E-state index contributed by atoms with van der Waals surface area (Å²) >= 11 is 1.46. The summed E-state index contributed by atoms with van der Waals surface area (Å²) in [5, 5.41) is 4.46. The van der Waals surface area contributed by atoms with E-state index in [9.17, 15) is 9.18 Å². The Morgan fingerprint density at radius 1 is 1.06 bits per heavy atom. The number of ketones is 1. The lowest BCUT2D eigenvalue weighted by molar-refractivity contribution is 0.104. The highest BCUT2D eigenvalue weighted by molar-refractivity contribution is 7.21. The maximum atomic E-state index is 13.9. The van der Waals surface area contributed by atoms with E-state index in [2.05, 4.69) is 16.1 Å². The second-order valence-corrected chi connectivity index (χ2v) is 8.93. The summed E-state index contributed by atoms with van der Waals surface area (Å²) in [7, 11) is 0. The van der Waals surface area contributed by atoms with Crippen molar-refractivity contribution < 1.29 is 13.9 Å². The van der Waals surface area contributed by atoms with Crippen molar-refractivity contribution in [1.82, 2.24) is 0 Å². The van der Waals surface area contributed by atoms with Gasteiger partial charge in [-0.15, -0.1) is 11.3 Å². The minimum Gasteiger partial charge on any atom is -0.493 e. The first-order chi connectivity index (χ1) is 15.9. The number of nitrogens with zero attached hydrogens (tertiary/aromatic N) is 3. The van der Waals surface area contributed by atoms with Crippen molar-refractivity contribution in [1.29, 1.82) is 0 Å². The van der Waals surface area contributed by atoms with Gasteiger partial charge in [-0.25, -0.2) is 4.39 Å². The molecular weight excluding hydrogens is 437 g/mol. The average Bonchev–Trinajstić information content (AvgIpc) is 3.15. The number of hydrogen-bond donors (Lipinski definition) is 0. The van der Waals surface area contributed by atoms with Crippen LogP contribution in [0, 0.1) is 26.6 Å². The van der Waals surface area contributed by atoms with E-state index in [1.807, 2.05) is 43.3 Å². The molecule has 0 radical (unpaired) electrons. The van der Waals surface area contributed by atoms with E-state index in [-0.39, 0.29) is 24.8 Å². The van der Waals surface area contributed by atoms with E-state index >= 15 is 0 Å². The molecule has 0 unspecified atom stereocenters. The summed E-state index contributed by atoms with van der Waals surface area (Å²) in [6.07, 6.45) is 0. The standard InChI is InChI=1S/C26H22FN3O2S/c1-15-4-9-21-22(12-15)33-26(25(31)23-16(2)13-19(27)14-17(23)3)24(21)18-5-7-20(8-6-18)32-11-10-29-30-28/h4-9,12-14H,10-11H2,1-3H3. The molecule has 0 amide bonds. The van der Waals surface area contributed by atoms with Crippen LogP contribution in [0.1, 0.15) is 31.9 Å². The van der Waals surface area contributed by atoms with E-state index < -0.39 is 0 Å². The lowest BCUT2D eigenvalue weighted by Gasteiger charge is -2.11. The molecule has 1 heterocycles. The van der Waals surface area contributed by atoms with Crippen LogP contribution in [-0.2, 0) is 0 Å². The molecule has 5 nitrogen and oxygen atoms in total. The highest BCUT2D eigenvalue weighted by atomic mass is 32.1. The topological polar surface area (TPSA) is 75.1 Å². The van der Waals surface area contributed by atoms with Gasteiger partial charge in [-0.3, -0.25) is 4.79 Å². The van der Waals surface area contributed by atoms with Gasteiger partial charge < -0.3 is 4.74 Å². The average molecular weight is 460 g/mol. The molecule has 0 spiro atoms. The number of benzene rings is 3. The van der Waals surface area contributed by atoms with Crippen molar-refractivity contribution in [2.24, 2.45) is 5.11 Å². The van der Waals surface area contributed by atoms with Crippen molar-refractivity contribution in [3.05, 3.63) is 98.0 Å². The Morgan fingerprint density at radius 3 is 2.42 bits per heavy atom. The molecule has 3 aromatic carbocycles. The number of azide groups is 1. The Balaban J connectivity index is 1.81. The summed E-state index contributed by atoms with van der Waals surface area (Å²) in [5.74, 6) is 0.207. The smallest absolute Gasteiger partial charge is 0.204 e. The molecule has 0 aliphatic rings. The molecule has 0 fully saturated rings. The summed E-state index contributed by atoms with van der Waals surface area (Å²) in [6, 6.07) is 16.5. The van der Waals surface area contributed by atoms with Crippen molar-refractivity contribution in [3.63, 3.8) is 0 Å². The van der Waals surface area contributed by atoms with Crippen LogP contribution in [-0.4, -0.2) is 18.9 Å². The van der Waals surface area contributed by atoms with Gasteiger partial charge in [0.05, 0.1) is 18.0 Å². The summed E-state index contributed by atoms with van der Waals surface area (Å²) in [5.41, 5.74) is 13.0. The molecule has 4 aromatic rings. The van der Waals surface area contributed by atoms with Gasteiger partial charge >= 0.3 is 0 Å².